The Morgan fingerprint density at radius 2 is 2.21 bits per heavy atom. The maximum Gasteiger partial charge on any atom is 0.262 e. The molecule has 24 heavy (non-hydrogen) atoms. The minimum absolute atomic E-state index is 0.0853. The lowest BCUT2D eigenvalue weighted by atomic mass is 9.89. The van der Waals surface area contributed by atoms with Gasteiger partial charge in [-0.3, -0.25) is 4.79 Å². The van der Waals surface area contributed by atoms with Crippen molar-refractivity contribution in [3.05, 3.63) is 58.1 Å². The Bertz CT molecular complexity index is 760. The fraction of sp³-hybridized carbons (Fsp3) is 0.316. The van der Waals surface area contributed by atoms with Crippen LogP contribution in [0.3, 0.4) is 0 Å². The highest BCUT2D eigenvalue weighted by Crippen LogP contribution is 2.35. The first kappa shape index (κ1) is 16.8. The summed E-state index contributed by atoms with van der Waals surface area (Å²) in [5.74, 6) is 0.423. The van der Waals surface area contributed by atoms with E-state index in [1.54, 1.807) is 12.1 Å². The van der Waals surface area contributed by atoms with E-state index in [4.69, 9.17) is 16.3 Å². The monoisotopic (exact) mass is 345 g/mol. The van der Waals surface area contributed by atoms with E-state index in [9.17, 15) is 9.90 Å². The molecule has 2 N–H and O–H groups in total. The molecule has 0 bridgehead atoms. The van der Waals surface area contributed by atoms with Gasteiger partial charge < -0.3 is 15.2 Å². The van der Waals surface area contributed by atoms with Crippen molar-refractivity contribution < 1.29 is 14.6 Å². The molecular formula is C19H20ClNO3. The Morgan fingerprint density at radius 3 is 3.00 bits per heavy atom. The summed E-state index contributed by atoms with van der Waals surface area (Å²) in [5, 5.41) is 13.4. The van der Waals surface area contributed by atoms with E-state index in [0.29, 0.717) is 16.5 Å². The quantitative estimate of drug-likeness (QED) is 0.879. The Morgan fingerprint density at radius 1 is 1.38 bits per heavy atom. The lowest BCUT2D eigenvalue weighted by Gasteiger charge is -2.23. The third-order valence-electron chi connectivity index (χ3n) is 4.25. The number of carbonyl (C=O) groups is 1. The number of aryl methyl sites for hydroxylation is 1. The van der Waals surface area contributed by atoms with Crippen LogP contribution >= 0.6 is 11.6 Å². The number of hydrogen-bond donors (Lipinski definition) is 2. The second kappa shape index (κ2) is 7.24. The summed E-state index contributed by atoms with van der Waals surface area (Å²) in [6.45, 7) is 1.82. The number of rotatable bonds is 4. The third-order valence-corrected chi connectivity index (χ3v) is 4.65. The zero-order chi connectivity index (χ0) is 17.1. The largest absolute Gasteiger partial charge is 0.483 e. The summed E-state index contributed by atoms with van der Waals surface area (Å²) < 4.78 is 5.68. The van der Waals surface area contributed by atoms with Gasteiger partial charge >= 0.3 is 0 Å². The molecule has 126 valence electrons. The van der Waals surface area contributed by atoms with Gasteiger partial charge in [0.2, 0.25) is 0 Å². The van der Waals surface area contributed by atoms with Crippen molar-refractivity contribution in [2.45, 2.75) is 32.3 Å². The predicted molar refractivity (Wildman–Crippen MR) is 94.7 cm³/mol. The number of halogens is 1. The van der Waals surface area contributed by atoms with Crippen molar-refractivity contribution in [1.82, 2.24) is 0 Å². The van der Waals surface area contributed by atoms with E-state index in [1.165, 1.54) is 0 Å². The first-order valence-corrected chi connectivity index (χ1v) is 8.41. The number of aliphatic hydroxyl groups excluding tert-OH is 1. The molecule has 0 fully saturated rings. The molecule has 0 radical (unpaired) electrons. The predicted octanol–water partition coefficient (Wildman–Crippen LogP) is 4.04. The Balaban J connectivity index is 1.64. The number of carbonyl (C=O) groups excluding carboxylic acids is 1. The first-order chi connectivity index (χ1) is 11.5. The summed E-state index contributed by atoms with van der Waals surface area (Å²) in [5.41, 5.74) is 3.51. The number of aliphatic hydroxyl groups is 1. The molecule has 2 aromatic carbocycles. The van der Waals surface area contributed by atoms with Crippen LogP contribution < -0.4 is 10.1 Å². The van der Waals surface area contributed by atoms with Crippen molar-refractivity contribution in [2.75, 3.05) is 11.9 Å². The fourth-order valence-electron chi connectivity index (χ4n) is 2.94. The van der Waals surface area contributed by atoms with Crippen LogP contribution in [0.25, 0.3) is 0 Å². The highest BCUT2D eigenvalue weighted by atomic mass is 35.5. The maximum atomic E-state index is 12.1. The van der Waals surface area contributed by atoms with Crippen molar-refractivity contribution in [3.63, 3.8) is 0 Å². The van der Waals surface area contributed by atoms with E-state index in [-0.39, 0.29) is 12.5 Å². The molecule has 3 rings (SSSR count). The first-order valence-electron chi connectivity index (χ1n) is 8.03. The van der Waals surface area contributed by atoms with Crippen molar-refractivity contribution >= 4 is 23.2 Å². The number of ether oxygens (including phenoxy) is 1. The number of fused-ring (bicyclic) bond motifs is 1. The van der Waals surface area contributed by atoms with Crippen LogP contribution in [0.2, 0.25) is 5.02 Å². The minimum Gasteiger partial charge on any atom is -0.483 e. The SMILES string of the molecule is Cc1ccc(NC(=O)COc2cccc3c2CCC[C@H]3O)cc1Cl. The summed E-state index contributed by atoms with van der Waals surface area (Å²) >= 11 is 6.06. The van der Waals surface area contributed by atoms with Gasteiger partial charge in [-0.1, -0.05) is 29.8 Å². The second-order valence-electron chi connectivity index (χ2n) is 6.03. The number of hydrogen-bond acceptors (Lipinski definition) is 3. The highest BCUT2D eigenvalue weighted by Gasteiger charge is 2.21. The van der Waals surface area contributed by atoms with Gasteiger partial charge in [-0.15, -0.1) is 0 Å². The maximum absolute atomic E-state index is 12.1. The molecule has 0 aliphatic heterocycles. The van der Waals surface area contributed by atoms with Crippen LogP contribution in [-0.2, 0) is 11.2 Å². The molecule has 1 amide bonds. The molecule has 0 saturated heterocycles. The van der Waals surface area contributed by atoms with Gasteiger partial charge in [-0.2, -0.15) is 0 Å². The summed E-state index contributed by atoms with van der Waals surface area (Å²) in [6, 6.07) is 11.0. The van der Waals surface area contributed by atoms with Gasteiger partial charge in [0, 0.05) is 10.7 Å². The molecule has 0 heterocycles. The zero-order valence-corrected chi connectivity index (χ0v) is 14.3. The van der Waals surface area contributed by atoms with Gasteiger partial charge in [-0.25, -0.2) is 0 Å². The molecule has 0 unspecified atom stereocenters. The average Bonchev–Trinajstić information content (AvgIpc) is 2.57. The average molecular weight is 346 g/mol. The number of nitrogens with one attached hydrogen (secondary N) is 1. The Labute approximate surface area is 146 Å². The zero-order valence-electron chi connectivity index (χ0n) is 13.5. The van der Waals surface area contributed by atoms with Crippen LogP contribution in [0.15, 0.2) is 36.4 Å². The molecule has 2 aromatic rings. The van der Waals surface area contributed by atoms with Gasteiger partial charge in [0.25, 0.3) is 5.91 Å². The van der Waals surface area contributed by atoms with Gasteiger partial charge in [0.05, 0.1) is 6.10 Å². The molecule has 0 spiro atoms. The van der Waals surface area contributed by atoms with Gasteiger partial charge in [0.1, 0.15) is 5.75 Å². The van der Waals surface area contributed by atoms with Crippen molar-refractivity contribution in [2.24, 2.45) is 0 Å². The van der Waals surface area contributed by atoms with Crippen LogP contribution in [0.4, 0.5) is 5.69 Å². The van der Waals surface area contributed by atoms with Gasteiger partial charge in [0.15, 0.2) is 6.61 Å². The molecule has 4 nitrogen and oxygen atoms in total. The molecule has 0 aromatic heterocycles. The van der Waals surface area contributed by atoms with E-state index < -0.39 is 6.10 Å². The minimum atomic E-state index is -0.444. The van der Waals surface area contributed by atoms with Crippen LogP contribution in [-0.4, -0.2) is 17.6 Å². The Kier molecular flexibility index (Phi) is 5.07. The summed E-state index contributed by atoms with van der Waals surface area (Å²) in [6.07, 6.45) is 2.10. The lowest BCUT2D eigenvalue weighted by Crippen LogP contribution is -2.21. The smallest absolute Gasteiger partial charge is 0.262 e. The number of amides is 1. The molecule has 5 heteroatoms. The standard InChI is InChI=1S/C19H20ClNO3/c1-12-8-9-13(10-16(12)20)21-19(23)11-24-18-7-3-4-14-15(18)5-2-6-17(14)22/h3-4,7-10,17,22H,2,5-6,11H2,1H3,(H,21,23)/t17-/m1/s1. The number of anilines is 1. The van der Waals surface area contributed by atoms with E-state index in [0.717, 1.165) is 36.0 Å². The van der Waals surface area contributed by atoms with E-state index in [2.05, 4.69) is 5.32 Å². The number of benzene rings is 2. The van der Waals surface area contributed by atoms with Crippen LogP contribution in [0.1, 0.15) is 35.6 Å². The van der Waals surface area contributed by atoms with Gasteiger partial charge in [-0.05, 0) is 61.1 Å². The Hall–Kier alpha value is -2.04. The molecule has 1 aliphatic carbocycles. The van der Waals surface area contributed by atoms with Crippen molar-refractivity contribution in [1.29, 1.82) is 0 Å². The highest BCUT2D eigenvalue weighted by molar-refractivity contribution is 6.31. The normalized spacial score (nSPS) is 16.4. The third kappa shape index (κ3) is 3.71. The van der Waals surface area contributed by atoms with Crippen molar-refractivity contribution in [3.8, 4) is 5.75 Å². The molecule has 0 saturated carbocycles. The summed E-state index contributed by atoms with van der Waals surface area (Å²) in [7, 11) is 0. The molecule has 1 atom stereocenters. The topological polar surface area (TPSA) is 58.6 Å². The van der Waals surface area contributed by atoms with Crippen LogP contribution in [0, 0.1) is 6.92 Å². The van der Waals surface area contributed by atoms with E-state index >= 15 is 0 Å². The molecular weight excluding hydrogens is 326 g/mol. The second-order valence-corrected chi connectivity index (χ2v) is 6.44. The van der Waals surface area contributed by atoms with Crippen LogP contribution in [0.5, 0.6) is 5.75 Å². The fourth-order valence-corrected chi connectivity index (χ4v) is 3.12. The molecule has 1 aliphatic rings. The van der Waals surface area contributed by atoms with E-state index in [1.807, 2.05) is 31.2 Å². The summed E-state index contributed by atoms with van der Waals surface area (Å²) in [4.78, 5) is 12.1. The lowest BCUT2D eigenvalue weighted by molar-refractivity contribution is -0.118.